The van der Waals surface area contributed by atoms with Gasteiger partial charge in [0.1, 0.15) is 6.04 Å². The molecule has 2 atom stereocenters. The monoisotopic (exact) mass is 331 g/mol. The molecular weight excluding hydrogens is 317 g/mol. The van der Waals surface area contributed by atoms with Gasteiger partial charge in [-0.05, 0) is 65.6 Å². The number of halogens is 1. The number of hydrogen-bond acceptors (Lipinski definition) is 2. The second kappa shape index (κ2) is 5.14. The molecule has 1 fully saturated rings. The normalized spacial score (nSPS) is 24.6. The highest BCUT2D eigenvalue weighted by Gasteiger charge is 2.28. The largest absolute Gasteiger partial charge is 0.480 e. The van der Waals surface area contributed by atoms with Crippen molar-refractivity contribution in [3.63, 3.8) is 0 Å². The highest BCUT2D eigenvalue weighted by molar-refractivity contribution is 14.1. The van der Waals surface area contributed by atoms with Gasteiger partial charge in [-0.3, -0.25) is 4.79 Å². The fraction of sp³-hybridized carbons (Fsp3) is 0.417. The highest BCUT2D eigenvalue weighted by atomic mass is 127. The smallest absolute Gasteiger partial charge is 0.320 e. The van der Waals surface area contributed by atoms with E-state index in [1.54, 1.807) is 0 Å². The van der Waals surface area contributed by atoms with Crippen molar-refractivity contribution in [1.29, 1.82) is 0 Å². The van der Waals surface area contributed by atoms with Crippen LogP contribution in [-0.2, 0) is 11.2 Å². The molecule has 2 rings (SSSR count). The predicted molar refractivity (Wildman–Crippen MR) is 70.4 cm³/mol. The number of carboxylic acids is 1. The molecule has 0 saturated carbocycles. The Balaban J connectivity index is 1.92. The van der Waals surface area contributed by atoms with Gasteiger partial charge in [-0.1, -0.05) is 12.1 Å². The second-order valence-corrected chi connectivity index (χ2v) is 5.48. The Hall–Kier alpha value is -0.620. The van der Waals surface area contributed by atoms with E-state index in [1.807, 2.05) is 0 Å². The summed E-state index contributed by atoms with van der Waals surface area (Å²) in [6.07, 6.45) is 1.70. The summed E-state index contributed by atoms with van der Waals surface area (Å²) in [5, 5.41) is 11.9. The molecule has 0 amide bonds. The van der Waals surface area contributed by atoms with Gasteiger partial charge < -0.3 is 10.4 Å². The van der Waals surface area contributed by atoms with Gasteiger partial charge in [-0.15, -0.1) is 0 Å². The first-order chi connectivity index (χ1) is 7.65. The van der Waals surface area contributed by atoms with Crippen molar-refractivity contribution >= 4 is 28.6 Å². The zero-order valence-corrected chi connectivity index (χ0v) is 11.0. The van der Waals surface area contributed by atoms with E-state index >= 15 is 0 Å². The lowest BCUT2D eigenvalue weighted by molar-refractivity contribution is -0.139. The Kier molecular flexibility index (Phi) is 3.81. The Bertz CT molecular complexity index is 377. The molecule has 2 unspecified atom stereocenters. The molecule has 0 radical (unpaired) electrons. The Morgan fingerprint density at radius 2 is 2.12 bits per heavy atom. The second-order valence-electron chi connectivity index (χ2n) is 4.23. The minimum absolute atomic E-state index is 0.353. The molecule has 1 aromatic rings. The standard InChI is InChI=1S/C12H14INO2/c13-10-3-1-8(2-4-10)5-9-6-11(12(15)16)14-7-9/h1-4,9,11,14H,5-7H2,(H,15,16). The van der Waals surface area contributed by atoms with E-state index in [0.29, 0.717) is 5.92 Å². The number of rotatable bonds is 3. The predicted octanol–water partition coefficient (Wildman–Crippen LogP) is 1.90. The third-order valence-electron chi connectivity index (χ3n) is 2.96. The molecule has 3 nitrogen and oxygen atoms in total. The van der Waals surface area contributed by atoms with Crippen LogP contribution < -0.4 is 5.32 Å². The van der Waals surface area contributed by atoms with Gasteiger partial charge in [0, 0.05) is 3.57 Å². The van der Waals surface area contributed by atoms with Gasteiger partial charge in [0.05, 0.1) is 0 Å². The molecule has 1 aromatic carbocycles. The molecule has 0 aliphatic carbocycles. The van der Waals surface area contributed by atoms with E-state index < -0.39 is 5.97 Å². The zero-order valence-electron chi connectivity index (χ0n) is 8.82. The number of nitrogens with one attached hydrogen (secondary N) is 1. The van der Waals surface area contributed by atoms with Gasteiger partial charge in [-0.25, -0.2) is 0 Å². The summed E-state index contributed by atoms with van der Waals surface area (Å²) >= 11 is 2.28. The van der Waals surface area contributed by atoms with Crippen LogP contribution in [0.1, 0.15) is 12.0 Å². The van der Waals surface area contributed by atoms with Crippen LogP contribution in [0, 0.1) is 9.49 Å². The Morgan fingerprint density at radius 3 is 2.69 bits per heavy atom. The van der Waals surface area contributed by atoms with Crippen molar-refractivity contribution in [2.45, 2.75) is 18.9 Å². The molecule has 0 bridgehead atoms. The average Bonchev–Trinajstić information content (AvgIpc) is 2.70. The fourth-order valence-corrected chi connectivity index (χ4v) is 2.47. The summed E-state index contributed by atoms with van der Waals surface area (Å²) in [6.45, 7) is 0.808. The molecule has 1 saturated heterocycles. The summed E-state index contributed by atoms with van der Waals surface area (Å²) in [6, 6.07) is 8.07. The lowest BCUT2D eigenvalue weighted by atomic mass is 9.97. The number of carboxylic acid groups (broad SMARTS) is 1. The van der Waals surface area contributed by atoms with E-state index in [-0.39, 0.29) is 6.04 Å². The molecule has 16 heavy (non-hydrogen) atoms. The topological polar surface area (TPSA) is 49.3 Å². The third-order valence-corrected chi connectivity index (χ3v) is 3.68. The molecule has 2 N–H and O–H groups in total. The van der Waals surface area contributed by atoms with Gasteiger partial charge in [-0.2, -0.15) is 0 Å². The minimum atomic E-state index is -0.731. The Labute approximate surface area is 108 Å². The van der Waals surface area contributed by atoms with Crippen LogP contribution in [0.4, 0.5) is 0 Å². The van der Waals surface area contributed by atoms with E-state index in [1.165, 1.54) is 9.13 Å². The van der Waals surface area contributed by atoms with Crippen LogP contribution >= 0.6 is 22.6 Å². The minimum Gasteiger partial charge on any atom is -0.480 e. The lowest BCUT2D eigenvalue weighted by Crippen LogP contribution is -2.29. The summed E-state index contributed by atoms with van der Waals surface area (Å²) in [5.74, 6) is -0.286. The SMILES string of the molecule is O=C(O)C1CC(Cc2ccc(I)cc2)CN1. The molecule has 0 spiro atoms. The maximum absolute atomic E-state index is 10.8. The Morgan fingerprint density at radius 1 is 1.44 bits per heavy atom. The quantitative estimate of drug-likeness (QED) is 0.832. The first-order valence-electron chi connectivity index (χ1n) is 5.36. The first kappa shape index (κ1) is 11.9. The van der Waals surface area contributed by atoms with E-state index in [0.717, 1.165) is 19.4 Å². The van der Waals surface area contributed by atoms with E-state index in [4.69, 9.17) is 5.11 Å². The average molecular weight is 331 g/mol. The van der Waals surface area contributed by atoms with Crippen molar-refractivity contribution in [2.24, 2.45) is 5.92 Å². The van der Waals surface area contributed by atoms with Gasteiger partial charge in [0.15, 0.2) is 0 Å². The third kappa shape index (κ3) is 2.95. The molecule has 1 aliphatic rings. The van der Waals surface area contributed by atoms with Gasteiger partial charge >= 0.3 is 5.97 Å². The summed E-state index contributed by atoms with van der Waals surface area (Å²) in [5.41, 5.74) is 1.29. The van der Waals surface area contributed by atoms with Crippen LogP contribution in [0.15, 0.2) is 24.3 Å². The molecule has 4 heteroatoms. The van der Waals surface area contributed by atoms with Crippen molar-refractivity contribution in [3.05, 3.63) is 33.4 Å². The van der Waals surface area contributed by atoms with Crippen molar-refractivity contribution < 1.29 is 9.90 Å². The van der Waals surface area contributed by atoms with Crippen LogP contribution in [0.5, 0.6) is 0 Å². The zero-order chi connectivity index (χ0) is 11.5. The van der Waals surface area contributed by atoms with Crippen LogP contribution in [0.3, 0.4) is 0 Å². The first-order valence-corrected chi connectivity index (χ1v) is 6.43. The van der Waals surface area contributed by atoms with Gasteiger partial charge in [0.25, 0.3) is 0 Å². The number of hydrogen-bond donors (Lipinski definition) is 2. The molecule has 1 heterocycles. The molecular formula is C12H14INO2. The number of benzene rings is 1. The van der Waals surface area contributed by atoms with Crippen molar-refractivity contribution in [3.8, 4) is 0 Å². The maximum Gasteiger partial charge on any atom is 0.320 e. The molecule has 86 valence electrons. The summed E-state index contributed by atoms with van der Waals surface area (Å²) < 4.78 is 1.23. The number of aliphatic carboxylic acids is 1. The molecule has 1 aliphatic heterocycles. The van der Waals surface area contributed by atoms with Crippen molar-refractivity contribution in [1.82, 2.24) is 5.32 Å². The maximum atomic E-state index is 10.8. The fourth-order valence-electron chi connectivity index (χ4n) is 2.11. The van der Waals surface area contributed by atoms with Crippen LogP contribution in [-0.4, -0.2) is 23.7 Å². The highest BCUT2D eigenvalue weighted by Crippen LogP contribution is 2.19. The summed E-state index contributed by atoms with van der Waals surface area (Å²) in [4.78, 5) is 10.8. The summed E-state index contributed by atoms with van der Waals surface area (Å²) in [7, 11) is 0. The van der Waals surface area contributed by atoms with Crippen LogP contribution in [0.25, 0.3) is 0 Å². The van der Waals surface area contributed by atoms with Crippen LogP contribution in [0.2, 0.25) is 0 Å². The van der Waals surface area contributed by atoms with E-state index in [2.05, 4.69) is 52.2 Å². The lowest BCUT2D eigenvalue weighted by Gasteiger charge is -2.08. The van der Waals surface area contributed by atoms with Crippen molar-refractivity contribution in [2.75, 3.05) is 6.54 Å². The van der Waals surface area contributed by atoms with E-state index in [9.17, 15) is 4.79 Å². The number of carbonyl (C=O) groups is 1. The molecule has 0 aromatic heterocycles. The van der Waals surface area contributed by atoms with Gasteiger partial charge in [0.2, 0.25) is 0 Å².